The van der Waals surface area contributed by atoms with Crippen LogP contribution in [0.15, 0.2) is 35.8 Å². The van der Waals surface area contributed by atoms with E-state index in [1.807, 2.05) is 23.6 Å². The van der Waals surface area contributed by atoms with Crippen LogP contribution in [0.2, 0.25) is 0 Å². The van der Waals surface area contributed by atoms with Crippen LogP contribution in [0.25, 0.3) is 0 Å². The number of aromatic nitrogens is 1. The molecule has 0 fully saturated rings. The van der Waals surface area contributed by atoms with Gasteiger partial charge in [0.1, 0.15) is 5.69 Å². The molecule has 0 aliphatic rings. The van der Waals surface area contributed by atoms with E-state index < -0.39 is 0 Å². The Morgan fingerprint density at radius 3 is 3.00 bits per heavy atom. The SMILES string of the molecule is CN(C(=O)c1cc(CN)ccn1)c1cccs1. The van der Waals surface area contributed by atoms with Crippen molar-refractivity contribution in [1.82, 2.24) is 4.98 Å². The van der Waals surface area contributed by atoms with Gasteiger partial charge in [-0.1, -0.05) is 0 Å². The first kappa shape index (κ1) is 11.8. The van der Waals surface area contributed by atoms with Crippen LogP contribution in [0, 0.1) is 0 Å². The molecule has 0 radical (unpaired) electrons. The lowest BCUT2D eigenvalue weighted by molar-refractivity contribution is 0.0989. The van der Waals surface area contributed by atoms with Crippen molar-refractivity contribution < 1.29 is 4.79 Å². The van der Waals surface area contributed by atoms with Crippen molar-refractivity contribution in [2.75, 3.05) is 11.9 Å². The minimum atomic E-state index is -0.122. The molecule has 0 spiro atoms. The normalized spacial score (nSPS) is 10.2. The Kier molecular flexibility index (Phi) is 3.51. The number of carbonyl (C=O) groups is 1. The first-order chi connectivity index (χ1) is 8.22. The standard InChI is InChI=1S/C12H13N3OS/c1-15(11-3-2-6-17-11)12(16)10-7-9(8-13)4-5-14-10/h2-7H,8,13H2,1H3. The molecule has 2 aromatic rings. The van der Waals surface area contributed by atoms with E-state index in [2.05, 4.69) is 4.98 Å². The van der Waals surface area contributed by atoms with Crippen molar-refractivity contribution in [3.63, 3.8) is 0 Å². The van der Waals surface area contributed by atoms with Crippen molar-refractivity contribution in [1.29, 1.82) is 0 Å². The van der Waals surface area contributed by atoms with Crippen LogP contribution in [0.4, 0.5) is 5.00 Å². The van der Waals surface area contributed by atoms with Gasteiger partial charge in [0.25, 0.3) is 5.91 Å². The number of rotatable bonds is 3. The monoisotopic (exact) mass is 247 g/mol. The highest BCUT2D eigenvalue weighted by molar-refractivity contribution is 7.14. The number of nitrogens with zero attached hydrogens (tertiary/aromatic N) is 2. The molecular formula is C12H13N3OS. The van der Waals surface area contributed by atoms with Crippen LogP contribution in [-0.2, 0) is 6.54 Å². The number of hydrogen-bond donors (Lipinski definition) is 1. The summed E-state index contributed by atoms with van der Waals surface area (Å²) in [4.78, 5) is 17.8. The summed E-state index contributed by atoms with van der Waals surface area (Å²) in [6, 6.07) is 7.34. The summed E-state index contributed by atoms with van der Waals surface area (Å²) < 4.78 is 0. The molecule has 0 aliphatic heterocycles. The van der Waals surface area contributed by atoms with E-state index in [1.54, 1.807) is 24.2 Å². The van der Waals surface area contributed by atoms with E-state index in [-0.39, 0.29) is 5.91 Å². The number of amides is 1. The molecule has 0 unspecified atom stereocenters. The highest BCUT2D eigenvalue weighted by atomic mass is 32.1. The lowest BCUT2D eigenvalue weighted by Crippen LogP contribution is -2.26. The lowest BCUT2D eigenvalue weighted by Gasteiger charge is -2.14. The maximum atomic E-state index is 12.1. The van der Waals surface area contributed by atoms with E-state index in [9.17, 15) is 4.79 Å². The summed E-state index contributed by atoms with van der Waals surface area (Å²) >= 11 is 1.52. The molecule has 4 nitrogen and oxygen atoms in total. The van der Waals surface area contributed by atoms with Gasteiger partial charge < -0.3 is 10.6 Å². The average molecular weight is 247 g/mol. The highest BCUT2D eigenvalue weighted by Gasteiger charge is 2.15. The number of hydrogen-bond acceptors (Lipinski definition) is 4. The molecule has 5 heteroatoms. The average Bonchev–Trinajstić information content (AvgIpc) is 2.91. The molecular weight excluding hydrogens is 234 g/mol. The second kappa shape index (κ2) is 5.07. The third kappa shape index (κ3) is 2.51. The Hall–Kier alpha value is -1.72. The molecule has 2 heterocycles. The van der Waals surface area contributed by atoms with E-state index in [0.717, 1.165) is 10.6 Å². The maximum absolute atomic E-state index is 12.1. The number of nitrogens with two attached hydrogens (primary N) is 1. The van der Waals surface area contributed by atoms with E-state index in [1.165, 1.54) is 11.3 Å². The Morgan fingerprint density at radius 1 is 1.53 bits per heavy atom. The second-order valence-electron chi connectivity index (χ2n) is 3.57. The molecule has 88 valence electrons. The van der Waals surface area contributed by atoms with Gasteiger partial charge in [0.05, 0.1) is 5.00 Å². The molecule has 0 aliphatic carbocycles. The summed E-state index contributed by atoms with van der Waals surface area (Å²) in [6.45, 7) is 0.408. The summed E-state index contributed by atoms with van der Waals surface area (Å²) in [7, 11) is 1.74. The van der Waals surface area contributed by atoms with Crippen molar-refractivity contribution in [2.45, 2.75) is 6.54 Å². The molecule has 1 amide bonds. The summed E-state index contributed by atoms with van der Waals surface area (Å²) in [5.74, 6) is -0.122. The molecule has 0 saturated heterocycles. The number of carbonyl (C=O) groups excluding carboxylic acids is 1. The van der Waals surface area contributed by atoms with E-state index in [4.69, 9.17) is 5.73 Å². The minimum Gasteiger partial charge on any atom is -0.326 e. The topological polar surface area (TPSA) is 59.2 Å². The van der Waals surface area contributed by atoms with Crippen molar-refractivity contribution in [3.8, 4) is 0 Å². The third-order valence-corrected chi connectivity index (χ3v) is 3.37. The van der Waals surface area contributed by atoms with Crippen molar-refractivity contribution in [2.24, 2.45) is 5.73 Å². The molecule has 17 heavy (non-hydrogen) atoms. The van der Waals surface area contributed by atoms with Gasteiger partial charge in [-0.25, -0.2) is 0 Å². The quantitative estimate of drug-likeness (QED) is 0.900. The molecule has 0 aromatic carbocycles. The fourth-order valence-electron chi connectivity index (χ4n) is 1.45. The highest BCUT2D eigenvalue weighted by Crippen LogP contribution is 2.21. The Bertz CT molecular complexity index is 510. The van der Waals surface area contributed by atoms with Crippen LogP contribution in [0.3, 0.4) is 0 Å². The smallest absolute Gasteiger partial charge is 0.277 e. The van der Waals surface area contributed by atoms with Crippen LogP contribution in [-0.4, -0.2) is 17.9 Å². The first-order valence-electron chi connectivity index (χ1n) is 5.19. The predicted molar refractivity (Wildman–Crippen MR) is 69.2 cm³/mol. The fourth-order valence-corrected chi connectivity index (χ4v) is 2.15. The maximum Gasteiger partial charge on any atom is 0.277 e. The second-order valence-corrected chi connectivity index (χ2v) is 4.50. The van der Waals surface area contributed by atoms with Crippen molar-refractivity contribution in [3.05, 3.63) is 47.1 Å². The molecule has 0 saturated carbocycles. The summed E-state index contributed by atoms with van der Waals surface area (Å²) in [5.41, 5.74) is 6.86. The molecule has 2 N–H and O–H groups in total. The van der Waals surface area contributed by atoms with Crippen molar-refractivity contribution >= 4 is 22.2 Å². The van der Waals surface area contributed by atoms with Gasteiger partial charge in [-0.05, 0) is 35.2 Å². The lowest BCUT2D eigenvalue weighted by atomic mass is 10.2. The summed E-state index contributed by atoms with van der Waals surface area (Å²) in [5, 5.41) is 2.83. The zero-order chi connectivity index (χ0) is 12.3. The number of anilines is 1. The Morgan fingerprint density at radius 2 is 2.35 bits per heavy atom. The Labute approximate surface area is 104 Å². The van der Waals surface area contributed by atoms with Gasteiger partial charge in [0.2, 0.25) is 0 Å². The minimum absolute atomic E-state index is 0.122. The zero-order valence-corrected chi connectivity index (χ0v) is 10.3. The molecule has 2 rings (SSSR count). The molecule has 0 bridgehead atoms. The van der Waals surface area contributed by atoms with E-state index >= 15 is 0 Å². The van der Waals surface area contributed by atoms with Crippen LogP contribution < -0.4 is 10.6 Å². The predicted octanol–water partition coefficient (Wildman–Crippen LogP) is 1.88. The number of pyridine rings is 1. The van der Waals surface area contributed by atoms with Crippen LogP contribution in [0.1, 0.15) is 16.1 Å². The van der Waals surface area contributed by atoms with Gasteiger partial charge in [0, 0.05) is 19.8 Å². The summed E-state index contributed by atoms with van der Waals surface area (Å²) in [6.07, 6.45) is 1.61. The third-order valence-electron chi connectivity index (χ3n) is 2.42. The van der Waals surface area contributed by atoms with Crippen LogP contribution in [0.5, 0.6) is 0 Å². The fraction of sp³-hybridized carbons (Fsp3) is 0.167. The largest absolute Gasteiger partial charge is 0.326 e. The Balaban J connectivity index is 2.24. The van der Waals surface area contributed by atoms with Gasteiger partial charge in [-0.2, -0.15) is 0 Å². The number of thiophene rings is 1. The zero-order valence-electron chi connectivity index (χ0n) is 9.46. The first-order valence-corrected chi connectivity index (χ1v) is 6.07. The molecule has 2 aromatic heterocycles. The molecule has 0 atom stereocenters. The van der Waals surface area contributed by atoms with Gasteiger partial charge >= 0.3 is 0 Å². The van der Waals surface area contributed by atoms with E-state index in [0.29, 0.717) is 12.2 Å². The van der Waals surface area contributed by atoms with Gasteiger partial charge in [-0.3, -0.25) is 9.78 Å². The van der Waals surface area contributed by atoms with Gasteiger partial charge in [-0.15, -0.1) is 11.3 Å². The van der Waals surface area contributed by atoms with Crippen LogP contribution >= 0.6 is 11.3 Å². The van der Waals surface area contributed by atoms with Gasteiger partial charge in [0.15, 0.2) is 0 Å².